The van der Waals surface area contributed by atoms with Crippen molar-refractivity contribution in [3.05, 3.63) is 47.8 Å². The highest BCUT2D eigenvalue weighted by Gasteiger charge is 2.30. The Morgan fingerprint density at radius 2 is 1.93 bits per heavy atom. The van der Waals surface area contributed by atoms with Gasteiger partial charge < -0.3 is 24.4 Å². The van der Waals surface area contributed by atoms with Gasteiger partial charge in [-0.25, -0.2) is 0 Å². The quantitative estimate of drug-likeness (QED) is 0.800. The number of carbonyl (C=O) groups excluding carboxylic acids is 1. The maximum absolute atomic E-state index is 12.3. The molecule has 1 atom stereocenters. The van der Waals surface area contributed by atoms with Crippen molar-refractivity contribution in [2.24, 2.45) is 5.16 Å². The second kappa shape index (κ2) is 8.39. The predicted octanol–water partition coefficient (Wildman–Crippen LogP) is 1.92. The molecule has 1 amide bonds. The third kappa shape index (κ3) is 4.11. The van der Waals surface area contributed by atoms with Crippen LogP contribution in [0.15, 0.2) is 41.7 Å². The summed E-state index contributed by atoms with van der Waals surface area (Å²) in [5, 5.41) is 6.87. The summed E-state index contributed by atoms with van der Waals surface area (Å²) in [5.41, 5.74) is 2.14. The number of rotatable bonds is 7. The number of carbonyl (C=O) groups is 1. The van der Waals surface area contributed by atoms with E-state index in [1.54, 1.807) is 32.5 Å². The van der Waals surface area contributed by atoms with Crippen molar-refractivity contribution in [3.8, 4) is 17.2 Å². The number of methoxy groups -OCH3 is 3. The average molecular weight is 371 g/mol. The number of benzene rings is 1. The highest BCUT2D eigenvalue weighted by atomic mass is 16.6. The van der Waals surface area contributed by atoms with Crippen LogP contribution in [0.2, 0.25) is 0 Å². The Hall–Kier alpha value is -3.29. The first-order chi connectivity index (χ1) is 13.2. The molecule has 0 spiro atoms. The summed E-state index contributed by atoms with van der Waals surface area (Å²) in [6.07, 6.45) is 1.33. The number of nitrogens with one attached hydrogen (secondary N) is 1. The number of nitrogens with zero attached hydrogens (tertiary/aromatic N) is 2. The smallest absolute Gasteiger partial charge is 0.264 e. The first-order valence-corrected chi connectivity index (χ1v) is 8.37. The molecule has 2 aromatic rings. The van der Waals surface area contributed by atoms with Crippen LogP contribution >= 0.6 is 0 Å². The number of hydrogen-bond donors (Lipinski definition) is 1. The molecule has 2 heterocycles. The van der Waals surface area contributed by atoms with Gasteiger partial charge in [-0.3, -0.25) is 9.78 Å². The van der Waals surface area contributed by atoms with Crippen LogP contribution in [0.25, 0.3) is 0 Å². The molecule has 0 fully saturated rings. The molecule has 3 rings (SSSR count). The van der Waals surface area contributed by atoms with E-state index in [4.69, 9.17) is 19.0 Å². The third-order valence-electron chi connectivity index (χ3n) is 4.13. The minimum absolute atomic E-state index is 0.244. The summed E-state index contributed by atoms with van der Waals surface area (Å²) in [5.74, 6) is 1.27. The van der Waals surface area contributed by atoms with Crippen LogP contribution in [0.3, 0.4) is 0 Å². The van der Waals surface area contributed by atoms with Gasteiger partial charge in [-0.1, -0.05) is 11.2 Å². The van der Waals surface area contributed by atoms with Crippen molar-refractivity contribution in [1.82, 2.24) is 10.3 Å². The lowest BCUT2D eigenvalue weighted by atomic mass is 10.0. The summed E-state index contributed by atoms with van der Waals surface area (Å²) >= 11 is 0. The van der Waals surface area contributed by atoms with E-state index in [-0.39, 0.29) is 5.91 Å². The van der Waals surface area contributed by atoms with Gasteiger partial charge in [-0.05, 0) is 24.3 Å². The minimum atomic E-state index is -0.692. The van der Waals surface area contributed by atoms with Crippen LogP contribution in [0.4, 0.5) is 0 Å². The lowest BCUT2D eigenvalue weighted by Gasteiger charge is -2.13. The lowest BCUT2D eigenvalue weighted by molar-refractivity contribution is -0.131. The summed E-state index contributed by atoms with van der Waals surface area (Å²) in [6.45, 7) is 0.332. The van der Waals surface area contributed by atoms with Crippen molar-refractivity contribution in [1.29, 1.82) is 0 Å². The van der Waals surface area contributed by atoms with Gasteiger partial charge in [-0.2, -0.15) is 0 Å². The molecule has 1 aliphatic rings. The van der Waals surface area contributed by atoms with Crippen LogP contribution in [0, 0.1) is 0 Å². The number of aromatic nitrogens is 1. The molecule has 142 valence electrons. The summed E-state index contributed by atoms with van der Waals surface area (Å²) < 4.78 is 16.0. The van der Waals surface area contributed by atoms with Gasteiger partial charge in [0.1, 0.15) is 0 Å². The number of oxime groups is 1. The number of amides is 1. The Kier molecular flexibility index (Phi) is 5.75. The van der Waals surface area contributed by atoms with E-state index in [0.717, 1.165) is 11.3 Å². The molecule has 0 saturated heterocycles. The zero-order valence-electron chi connectivity index (χ0n) is 15.4. The fraction of sp³-hybridized carbons (Fsp3) is 0.316. The Bertz CT molecular complexity index is 813. The van der Waals surface area contributed by atoms with E-state index < -0.39 is 6.10 Å². The molecule has 1 aromatic carbocycles. The highest BCUT2D eigenvalue weighted by Crippen LogP contribution is 2.39. The van der Waals surface area contributed by atoms with E-state index in [9.17, 15) is 4.79 Å². The first kappa shape index (κ1) is 18.5. The average Bonchev–Trinajstić information content (AvgIpc) is 3.22. The Balaban J connectivity index is 1.67. The largest absolute Gasteiger partial charge is 0.493 e. The zero-order valence-corrected chi connectivity index (χ0v) is 15.4. The minimum Gasteiger partial charge on any atom is -0.493 e. The van der Waals surface area contributed by atoms with E-state index in [1.807, 2.05) is 18.2 Å². The summed E-state index contributed by atoms with van der Waals surface area (Å²) in [7, 11) is 4.63. The molecule has 1 aromatic heterocycles. The second-order valence-electron chi connectivity index (χ2n) is 5.79. The van der Waals surface area contributed by atoms with Crippen molar-refractivity contribution < 1.29 is 23.8 Å². The predicted molar refractivity (Wildman–Crippen MR) is 98.2 cm³/mol. The van der Waals surface area contributed by atoms with Crippen LogP contribution in [-0.4, -0.2) is 44.0 Å². The molecule has 0 radical (unpaired) electrons. The van der Waals surface area contributed by atoms with E-state index in [0.29, 0.717) is 35.9 Å². The van der Waals surface area contributed by atoms with Gasteiger partial charge in [0.25, 0.3) is 5.91 Å². The summed E-state index contributed by atoms with van der Waals surface area (Å²) in [4.78, 5) is 21.8. The van der Waals surface area contributed by atoms with Crippen LogP contribution in [0.1, 0.15) is 17.7 Å². The molecule has 27 heavy (non-hydrogen) atoms. The maximum Gasteiger partial charge on any atom is 0.264 e. The van der Waals surface area contributed by atoms with E-state index in [2.05, 4.69) is 15.5 Å². The molecule has 1 N–H and O–H groups in total. The van der Waals surface area contributed by atoms with Crippen LogP contribution < -0.4 is 19.5 Å². The SMILES string of the molecule is COc1cc(C2=NO[C@@H](C(=O)NCc3ccccn3)C2)cc(OC)c1OC. The maximum atomic E-state index is 12.3. The standard InChI is InChI=1S/C19H21N3O5/c1-24-15-8-12(9-16(25-2)18(15)26-3)14-10-17(27-22-14)19(23)21-11-13-6-4-5-7-20-13/h4-9,17H,10-11H2,1-3H3,(H,21,23)/t17-/m1/s1. The molecule has 0 unspecified atom stereocenters. The van der Waals surface area contributed by atoms with Crippen molar-refractivity contribution >= 4 is 11.6 Å². The Morgan fingerprint density at radius 1 is 1.19 bits per heavy atom. The van der Waals surface area contributed by atoms with Crippen molar-refractivity contribution in [3.63, 3.8) is 0 Å². The molecule has 1 aliphatic heterocycles. The number of hydrogen-bond acceptors (Lipinski definition) is 7. The fourth-order valence-electron chi connectivity index (χ4n) is 2.73. The zero-order chi connectivity index (χ0) is 19.2. The molecule has 8 nitrogen and oxygen atoms in total. The third-order valence-corrected chi connectivity index (χ3v) is 4.13. The van der Waals surface area contributed by atoms with Crippen molar-refractivity contribution in [2.45, 2.75) is 19.1 Å². The molecule has 8 heteroatoms. The van der Waals surface area contributed by atoms with Gasteiger partial charge in [0.2, 0.25) is 11.9 Å². The van der Waals surface area contributed by atoms with Crippen LogP contribution in [0.5, 0.6) is 17.2 Å². The van der Waals surface area contributed by atoms with Gasteiger partial charge >= 0.3 is 0 Å². The van der Waals surface area contributed by atoms with Crippen molar-refractivity contribution in [2.75, 3.05) is 21.3 Å². The Morgan fingerprint density at radius 3 is 2.52 bits per heavy atom. The number of pyridine rings is 1. The lowest BCUT2D eigenvalue weighted by Crippen LogP contribution is -2.34. The van der Waals surface area contributed by atoms with Crippen LogP contribution in [-0.2, 0) is 16.2 Å². The molecule has 0 saturated carbocycles. The summed E-state index contributed by atoms with van der Waals surface area (Å²) in [6, 6.07) is 9.08. The topological polar surface area (TPSA) is 91.3 Å². The molecular formula is C19H21N3O5. The highest BCUT2D eigenvalue weighted by molar-refractivity contribution is 6.04. The van der Waals surface area contributed by atoms with Gasteiger partial charge in [0.15, 0.2) is 11.5 Å². The van der Waals surface area contributed by atoms with E-state index >= 15 is 0 Å². The monoisotopic (exact) mass is 371 g/mol. The number of ether oxygens (including phenoxy) is 3. The molecule has 0 bridgehead atoms. The normalized spacial score (nSPS) is 15.5. The molecule has 0 aliphatic carbocycles. The first-order valence-electron chi connectivity index (χ1n) is 8.37. The Labute approximate surface area is 157 Å². The molecular weight excluding hydrogens is 350 g/mol. The second-order valence-corrected chi connectivity index (χ2v) is 5.79. The fourth-order valence-corrected chi connectivity index (χ4v) is 2.73. The van der Waals surface area contributed by atoms with Gasteiger partial charge in [0, 0.05) is 18.2 Å². The van der Waals surface area contributed by atoms with Gasteiger partial charge in [-0.15, -0.1) is 0 Å². The van der Waals surface area contributed by atoms with E-state index in [1.165, 1.54) is 7.11 Å². The van der Waals surface area contributed by atoms with Gasteiger partial charge in [0.05, 0.1) is 39.3 Å².